The second-order valence-electron chi connectivity index (χ2n) is 7.60. The molecule has 1 aliphatic carbocycles. The molecule has 1 saturated heterocycles. The Hall–Kier alpha value is -2.56. The molecule has 1 saturated carbocycles. The molecule has 1 unspecified atom stereocenters. The van der Waals surface area contributed by atoms with Gasteiger partial charge in [0.25, 0.3) is 0 Å². The van der Waals surface area contributed by atoms with Crippen molar-refractivity contribution >= 4 is 11.6 Å². The van der Waals surface area contributed by atoms with E-state index in [0.29, 0.717) is 12.6 Å². The van der Waals surface area contributed by atoms with E-state index in [2.05, 4.69) is 44.8 Å². The predicted molar refractivity (Wildman–Crippen MR) is 109 cm³/mol. The van der Waals surface area contributed by atoms with Crippen LogP contribution in [0.4, 0.5) is 10.1 Å². The molecule has 1 aliphatic heterocycles. The van der Waals surface area contributed by atoms with E-state index in [1.54, 1.807) is 19.2 Å². The fourth-order valence-electron chi connectivity index (χ4n) is 3.98. The van der Waals surface area contributed by atoms with E-state index in [4.69, 9.17) is 0 Å². The Morgan fingerprint density at radius 2 is 1.89 bits per heavy atom. The predicted octanol–water partition coefficient (Wildman–Crippen LogP) is 3.30. The number of halogens is 1. The van der Waals surface area contributed by atoms with Crippen LogP contribution in [-0.4, -0.2) is 38.7 Å². The van der Waals surface area contributed by atoms with E-state index in [-0.39, 0.29) is 11.2 Å². The quantitative estimate of drug-likeness (QED) is 0.630. The van der Waals surface area contributed by atoms with Crippen molar-refractivity contribution in [1.82, 2.24) is 10.6 Å². The third kappa shape index (κ3) is 3.92. The van der Waals surface area contributed by atoms with Crippen molar-refractivity contribution in [1.29, 1.82) is 0 Å². The van der Waals surface area contributed by atoms with Crippen molar-refractivity contribution in [2.24, 2.45) is 4.99 Å². The molecule has 2 aromatic rings. The molecule has 4 nitrogen and oxygen atoms in total. The summed E-state index contributed by atoms with van der Waals surface area (Å²) < 4.78 is 14.2. The van der Waals surface area contributed by atoms with E-state index < -0.39 is 0 Å². The molecule has 0 radical (unpaired) electrons. The third-order valence-corrected chi connectivity index (χ3v) is 5.77. The van der Waals surface area contributed by atoms with Crippen LogP contribution in [0.2, 0.25) is 0 Å². The fraction of sp³-hybridized carbons (Fsp3) is 0.409. The molecular formula is C22H27FN4. The molecule has 2 N–H and O–H groups in total. The Morgan fingerprint density at radius 1 is 1.15 bits per heavy atom. The lowest BCUT2D eigenvalue weighted by Crippen LogP contribution is -2.46. The highest BCUT2D eigenvalue weighted by Crippen LogP contribution is 2.48. The number of hydrogen-bond donors (Lipinski definition) is 2. The standard InChI is InChI=1S/C22H27FN4/c1-24-21(25-16-22(12-13-22)19-9-5-6-10-20(19)23)26-17-11-14-27(15-17)18-7-3-2-4-8-18/h2-10,17H,11-16H2,1H3,(H2,24,25,26). The lowest BCUT2D eigenvalue weighted by atomic mass is 9.95. The normalized spacial score (nSPS) is 21.2. The first-order valence-corrected chi connectivity index (χ1v) is 9.72. The van der Waals surface area contributed by atoms with Crippen molar-refractivity contribution in [3.05, 3.63) is 66.0 Å². The largest absolute Gasteiger partial charge is 0.369 e. The fourth-order valence-corrected chi connectivity index (χ4v) is 3.98. The average Bonchev–Trinajstić information content (AvgIpc) is 3.35. The second kappa shape index (κ2) is 7.59. The number of aliphatic imine (C=N–C) groups is 1. The molecule has 2 aliphatic rings. The molecule has 4 rings (SSSR count). The van der Waals surface area contributed by atoms with Gasteiger partial charge in [-0.1, -0.05) is 36.4 Å². The topological polar surface area (TPSA) is 39.7 Å². The summed E-state index contributed by atoms with van der Waals surface area (Å²) in [4.78, 5) is 6.77. The number of anilines is 1. The summed E-state index contributed by atoms with van der Waals surface area (Å²) in [5.74, 6) is 0.701. The van der Waals surface area contributed by atoms with Crippen LogP contribution in [0.1, 0.15) is 24.8 Å². The van der Waals surface area contributed by atoms with Crippen LogP contribution >= 0.6 is 0 Å². The Kier molecular flexibility index (Phi) is 5.01. The lowest BCUT2D eigenvalue weighted by molar-refractivity contribution is 0.556. The first kappa shape index (κ1) is 17.8. The number of nitrogens with zero attached hydrogens (tertiary/aromatic N) is 2. The minimum absolute atomic E-state index is 0.0886. The first-order valence-electron chi connectivity index (χ1n) is 9.72. The highest BCUT2D eigenvalue weighted by molar-refractivity contribution is 5.80. The van der Waals surface area contributed by atoms with Crippen LogP contribution < -0.4 is 15.5 Å². The molecule has 0 spiro atoms. The molecule has 27 heavy (non-hydrogen) atoms. The monoisotopic (exact) mass is 366 g/mol. The van der Waals surface area contributed by atoms with Crippen LogP contribution in [0, 0.1) is 5.82 Å². The zero-order valence-corrected chi connectivity index (χ0v) is 15.8. The zero-order chi connectivity index (χ0) is 18.7. The minimum Gasteiger partial charge on any atom is -0.369 e. The van der Waals surface area contributed by atoms with Crippen LogP contribution in [-0.2, 0) is 5.41 Å². The highest BCUT2D eigenvalue weighted by Gasteiger charge is 2.45. The summed E-state index contributed by atoms with van der Waals surface area (Å²) in [6.45, 7) is 2.71. The number of para-hydroxylation sites is 1. The SMILES string of the molecule is CN=C(NCC1(c2ccccc2F)CC1)NC1CCN(c2ccccc2)C1. The maximum atomic E-state index is 14.2. The number of benzene rings is 2. The Labute approximate surface area is 160 Å². The summed E-state index contributed by atoms with van der Waals surface area (Å²) in [5, 5.41) is 6.97. The maximum absolute atomic E-state index is 14.2. The molecule has 0 aromatic heterocycles. The Morgan fingerprint density at radius 3 is 2.59 bits per heavy atom. The minimum atomic E-state index is -0.103. The Balaban J connectivity index is 1.33. The van der Waals surface area contributed by atoms with Crippen LogP contribution in [0.15, 0.2) is 59.6 Å². The summed E-state index contributed by atoms with van der Waals surface area (Å²) in [5.41, 5.74) is 2.00. The molecule has 142 valence electrons. The van der Waals surface area contributed by atoms with E-state index in [9.17, 15) is 4.39 Å². The Bertz CT molecular complexity index is 801. The first-order chi connectivity index (χ1) is 13.2. The van der Waals surface area contributed by atoms with Crippen molar-refractivity contribution in [3.63, 3.8) is 0 Å². The summed E-state index contributed by atoms with van der Waals surface area (Å²) in [6, 6.07) is 18.0. The number of guanidine groups is 1. The summed E-state index contributed by atoms with van der Waals surface area (Å²) in [6.07, 6.45) is 3.11. The van der Waals surface area contributed by atoms with Gasteiger partial charge in [0.2, 0.25) is 0 Å². The van der Waals surface area contributed by atoms with Gasteiger partial charge in [0, 0.05) is 43.8 Å². The van der Waals surface area contributed by atoms with E-state index in [0.717, 1.165) is 43.9 Å². The van der Waals surface area contributed by atoms with Gasteiger partial charge in [-0.2, -0.15) is 0 Å². The molecule has 2 fully saturated rings. The van der Waals surface area contributed by atoms with Gasteiger partial charge in [-0.15, -0.1) is 0 Å². The van der Waals surface area contributed by atoms with Gasteiger partial charge in [0.05, 0.1) is 0 Å². The second-order valence-corrected chi connectivity index (χ2v) is 7.60. The van der Waals surface area contributed by atoms with Gasteiger partial charge in [-0.05, 0) is 43.0 Å². The number of rotatable bonds is 5. The van der Waals surface area contributed by atoms with Gasteiger partial charge in [0.15, 0.2) is 5.96 Å². The van der Waals surface area contributed by atoms with Crippen LogP contribution in [0.3, 0.4) is 0 Å². The lowest BCUT2D eigenvalue weighted by Gasteiger charge is -2.22. The zero-order valence-electron chi connectivity index (χ0n) is 15.8. The molecule has 2 aromatic carbocycles. The molecule has 0 amide bonds. The highest BCUT2D eigenvalue weighted by atomic mass is 19.1. The van der Waals surface area contributed by atoms with E-state index >= 15 is 0 Å². The van der Waals surface area contributed by atoms with Crippen LogP contribution in [0.25, 0.3) is 0 Å². The average molecular weight is 366 g/mol. The number of nitrogens with one attached hydrogen (secondary N) is 2. The van der Waals surface area contributed by atoms with Gasteiger partial charge < -0.3 is 15.5 Å². The van der Waals surface area contributed by atoms with E-state index in [1.807, 2.05) is 18.2 Å². The third-order valence-electron chi connectivity index (χ3n) is 5.77. The molecule has 5 heteroatoms. The van der Waals surface area contributed by atoms with Gasteiger partial charge in [-0.25, -0.2) is 4.39 Å². The van der Waals surface area contributed by atoms with Crippen molar-refractivity contribution in [2.45, 2.75) is 30.7 Å². The van der Waals surface area contributed by atoms with Gasteiger partial charge in [-0.3, -0.25) is 4.99 Å². The van der Waals surface area contributed by atoms with Gasteiger partial charge in [0.1, 0.15) is 5.82 Å². The van der Waals surface area contributed by atoms with Crippen molar-refractivity contribution < 1.29 is 4.39 Å². The van der Waals surface area contributed by atoms with Gasteiger partial charge >= 0.3 is 0 Å². The molecular weight excluding hydrogens is 339 g/mol. The molecule has 1 atom stereocenters. The van der Waals surface area contributed by atoms with Crippen molar-refractivity contribution in [3.8, 4) is 0 Å². The smallest absolute Gasteiger partial charge is 0.191 e. The number of hydrogen-bond acceptors (Lipinski definition) is 2. The van der Waals surface area contributed by atoms with Crippen molar-refractivity contribution in [2.75, 3.05) is 31.6 Å². The maximum Gasteiger partial charge on any atom is 0.191 e. The van der Waals surface area contributed by atoms with E-state index in [1.165, 1.54) is 5.69 Å². The summed E-state index contributed by atoms with van der Waals surface area (Å²) >= 11 is 0. The van der Waals surface area contributed by atoms with Crippen LogP contribution in [0.5, 0.6) is 0 Å². The molecule has 0 bridgehead atoms. The summed E-state index contributed by atoms with van der Waals surface area (Å²) in [7, 11) is 1.79. The molecule has 1 heterocycles.